The first kappa shape index (κ1) is 20.6. The van der Waals surface area contributed by atoms with Crippen LogP contribution in [-0.2, 0) is 16.0 Å². The number of likely N-dealkylation sites (N-methyl/N-ethyl adjacent to an activating group) is 1. The van der Waals surface area contributed by atoms with Crippen molar-refractivity contribution in [1.29, 1.82) is 0 Å². The van der Waals surface area contributed by atoms with Crippen LogP contribution in [0, 0.1) is 6.92 Å². The Bertz CT molecular complexity index is 834. The zero-order valence-corrected chi connectivity index (χ0v) is 17.3. The number of ketones is 1. The second-order valence-corrected chi connectivity index (χ2v) is 8.19. The van der Waals surface area contributed by atoms with Crippen molar-refractivity contribution in [2.75, 3.05) is 13.6 Å². The van der Waals surface area contributed by atoms with Crippen LogP contribution in [0.1, 0.15) is 31.0 Å². The maximum atomic E-state index is 12.8. The Morgan fingerprint density at radius 3 is 2.68 bits per heavy atom. The summed E-state index contributed by atoms with van der Waals surface area (Å²) < 4.78 is 0. The van der Waals surface area contributed by atoms with Crippen molar-refractivity contribution in [2.24, 2.45) is 0 Å². The molecule has 0 unspecified atom stereocenters. The van der Waals surface area contributed by atoms with Crippen molar-refractivity contribution < 1.29 is 14.7 Å². The highest BCUT2D eigenvalue weighted by atomic mass is 32.1. The average molecular weight is 402 g/mol. The molecule has 0 radical (unpaired) electrons. The number of aryl methyl sites for hydroxylation is 2. The first-order valence-corrected chi connectivity index (χ1v) is 10.5. The topological polar surface area (TPSA) is 82.5 Å². The van der Waals surface area contributed by atoms with E-state index in [4.69, 9.17) is 0 Å². The number of carbonyl (C=O) groups is 2. The monoisotopic (exact) mass is 401 g/mol. The van der Waals surface area contributed by atoms with E-state index >= 15 is 0 Å². The van der Waals surface area contributed by atoms with Crippen LogP contribution in [0.3, 0.4) is 0 Å². The van der Waals surface area contributed by atoms with Gasteiger partial charge in [-0.2, -0.15) is 0 Å². The first-order valence-electron chi connectivity index (χ1n) is 9.58. The zero-order chi connectivity index (χ0) is 20.3. The van der Waals surface area contributed by atoms with E-state index in [0.29, 0.717) is 19.3 Å². The van der Waals surface area contributed by atoms with E-state index in [-0.39, 0.29) is 24.3 Å². The summed E-state index contributed by atoms with van der Waals surface area (Å²) in [5.41, 5.74) is 5.08. The van der Waals surface area contributed by atoms with Crippen LogP contribution in [0.15, 0.2) is 29.8 Å². The minimum absolute atomic E-state index is 0.00980. The van der Waals surface area contributed by atoms with Crippen molar-refractivity contribution >= 4 is 23.0 Å². The SMILES string of the molecule is CN[C@@H](C)C(=O)N1C[C@H](O)C[C@H]1C(=O)CCc1ccc(-c2scnc2C)cc1. The molecule has 1 aromatic carbocycles. The fourth-order valence-corrected chi connectivity index (χ4v) is 4.38. The number of aromatic nitrogens is 1. The molecule has 2 N–H and O–H groups in total. The Balaban J connectivity index is 1.61. The molecule has 0 spiro atoms. The molecule has 2 aromatic rings. The summed E-state index contributed by atoms with van der Waals surface area (Å²) in [6.45, 7) is 3.99. The average Bonchev–Trinajstić information content (AvgIpc) is 3.30. The second-order valence-electron chi connectivity index (χ2n) is 7.34. The summed E-state index contributed by atoms with van der Waals surface area (Å²) in [6, 6.07) is 7.30. The molecule has 28 heavy (non-hydrogen) atoms. The van der Waals surface area contributed by atoms with Crippen LogP contribution in [0.5, 0.6) is 0 Å². The second kappa shape index (κ2) is 8.94. The summed E-state index contributed by atoms with van der Waals surface area (Å²) in [6.07, 6.45) is 0.666. The van der Waals surface area contributed by atoms with Gasteiger partial charge in [-0.25, -0.2) is 4.98 Å². The zero-order valence-electron chi connectivity index (χ0n) is 16.5. The number of amides is 1. The third-order valence-corrected chi connectivity index (χ3v) is 6.34. The van der Waals surface area contributed by atoms with Crippen molar-refractivity contribution in [3.8, 4) is 10.4 Å². The summed E-state index contributed by atoms with van der Waals surface area (Å²) in [4.78, 5) is 32.2. The molecule has 1 amide bonds. The number of benzene rings is 1. The molecule has 0 saturated carbocycles. The van der Waals surface area contributed by atoms with E-state index in [9.17, 15) is 14.7 Å². The fourth-order valence-electron chi connectivity index (χ4n) is 3.57. The van der Waals surface area contributed by atoms with Gasteiger partial charge in [-0.3, -0.25) is 9.59 Å². The van der Waals surface area contributed by atoms with Crippen molar-refractivity contribution in [1.82, 2.24) is 15.2 Å². The number of rotatable bonds is 7. The van der Waals surface area contributed by atoms with E-state index < -0.39 is 12.1 Å². The number of Topliss-reactive ketones (excluding diaryl/α,β-unsaturated/α-hetero) is 1. The number of nitrogens with zero attached hydrogens (tertiary/aromatic N) is 2. The van der Waals surface area contributed by atoms with E-state index in [1.54, 1.807) is 25.3 Å². The maximum absolute atomic E-state index is 12.8. The Morgan fingerprint density at radius 2 is 2.07 bits per heavy atom. The fraction of sp³-hybridized carbons (Fsp3) is 0.476. The molecule has 150 valence electrons. The van der Waals surface area contributed by atoms with Gasteiger partial charge in [0.25, 0.3) is 0 Å². The van der Waals surface area contributed by atoms with Gasteiger partial charge in [0, 0.05) is 19.4 Å². The van der Waals surface area contributed by atoms with Gasteiger partial charge in [0.1, 0.15) is 0 Å². The highest BCUT2D eigenvalue weighted by Crippen LogP contribution is 2.27. The molecule has 1 aliphatic rings. The predicted octanol–water partition coefficient (Wildman–Crippen LogP) is 2.19. The number of hydrogen-bond acceptors (Lipinski definition) is 6. The molecule has 0 bridgehead atoms. The molecule has 6 nitrogen and oxygen atoms in total. The van der Waals surface area contributed by atoms with Crippen LogP contribution in [-0.4, -0.2) is 58.5 Å². The molecular weight excluding hydrogens is 374 g/mol. The van der Waals surface area contributed by atoms with Crippen molar-refractivity contribution in [3.63, 3.8) is 0 Å². The van der Waals surface area contributed by atoms with E-state index in [0.717, 1.165) is 21.7 Å². The third kappa shape index (κ3) is 4.48. The van der Waals surface area contributed by atoms with Gasteiger partial charge in [0.2, 0.25) is 5.91 Å². The van der Waals surface area contributed by atoms with Crippen molar-refractivity contribution in [2.45, 2.75) is 51.3 Å². The number of β-amino-alcohol motifs (C(OH)–C–C–N with tert-alkyl or cyclic N) is 1. The van der Waals surface area contributed by atoms with Crippen LogP contribution >= 0.6 is 11.3 Å². The van der Waals surface area contributed by atoms with Gasteiger partial charge in [0.15, 0.2) is 5.78 Å². The lowest BCUT2D eigenvalue weighted by molar-refractivity contribution is -0.139. The molecule has 1 saturated heterocycles. The van der Waals surface area contributed by atoms with Gasteiger partial charge < -0.3 is 15.3 Å². The number of hydrogen-bond donors (Lipinski definition) is 2. The largest absolute Gasteiger partial charge is 0.391 e. The molecule has 2 heterocycles. The van der Waals surface area contributed by atoms with Crippen LogP contribution in [0.2, 0.25) is 0 Å². The normalized spacial score (nSPS) is 20.4. The highest BCUT2D eigenvalue weighted by Gasteiger charge is 2.39. The van der Waals surface area contributed by atoms with Gasteiger partial charge >= 0.3 is 0 Å². The predicted molar refractivity (Wildman–Crippen MR) is 110 cm³/mol. The number of thiazole rings is 1. The van der Waals surface area contributed by atoms with E-state index in [2.05, 4.69) is 22.4 Å². The molecule has 1 aliphatic heterocycles. The number of nitrogens with one attached hydrogen (secondary N) is 1. The summed E-state index contributed by atoms with van der Waals surface area (Å²) in [5.74, 6) is -0.128. The van der Waals surface area contributed by atoms with Gasteiger partial charge in [-0.1, -0.05) is 24.3 Å². The molecule has 1 fully saturated rings. The lowest BCUT2D eigenvalue weighted by atomic mass is 10.00. The van der Waals surface area contributed by atoms with Gasteiger partial charge in [-0.15, -0.1) is 11.3 Å². The minimum Gasteiger partial charge on any atom is -0.391 e. The van der Waals surface area contributed by atoms with Gasteiger partial charge in [0.05, 0.1) is 34.3 Å². The van der Waals surface area contributed by atoms with E-state index in [1.807, 2.05) is 24.6 Å². The van der Waals surface area contributed by atoms with Crippen LogP contribution in [0.4, 0.5) is 0 Å². The summed E-state index contributed by atoms with van der Waals surface area (Å²) in [5, 5.41) is 12.9. The van der Waals surface area contributed by atoms with Crippen molar-refractivity contribution in [3.05, 3.63) is 41.0 Å². The molecule has 7 heteroatoms. The quantitative estimate of drug-likeness (QED) is 0.743. The van der Waals surface area contributed by atoms with Gasteiger partial charge in [-0.05, 0) is 38.4 Å². The lowest BCUT2D eigenvalue weighted by Gasteiger charge is -2.26. The number of carbonyl (C=O) groups excluding carboxylic acids is 2. The first-order chi connectivity index (χ1) is 13.4. The Labute approximate surface area is 169 Å². The summed E-state index contributed by atoms with van der Waals surface area (Å²) >= 11 is 1.62. The molecule has 3 atom stereocenters. The minimum atomic E-state index is -0.635. The molecule has 3 rings (SSSR count). The smallest absolute Gasteiger partial charge is 0.240 e. The Kier molecular flexibility index (Phi) is 6.59. The summed E-state index contributed by atoms with van der Waals surface area (Å²) in [7, 11) is 1.71. The van der Waals surface area contributed by atoms with Crippen LogP contribution < -0.4 is 5.32 Å². The number of aliphatic hydroxyl groups excluding tert-OH is 1. The highest BCUT2D eigenvalue weighted by molar-refractivity contribution is 7.13. The Morgan fingerprint density at radius 1 is 1.36 bits per heavy atom. The lowest BCUT2D eigenvalue weighted by Crippen LogP contribution is -2.48. The number of likely N-dealkylation sites (tertiary alicyclic amines) is 1. The maximum Gasteiger partial charge on any atom is 0.240 e. The third-order valence-electron chi connectivity index (χ3n) is 5.36. The Hall–Kier alpha value is -2.09. The molecule has 0 aliphatic carbocycles. The molecular formula is C21H27N3O3S. The number of aliphatic hydroxyl groups is 1. The van der Waals surface area contributed by atoms with E-state index in [1.165, 1.54) is 4.90 Å². The standard InChI is InChI=1S/C21H27N3O3S/c1-13-20(28-12-23-13)16-7-4-15(5-8-16)6-9-19(26)18-10-17(25)11-24(18)21(27)14(2)22-3/h4-5,7-8,12,14,17-18,22,25H,6,9-11H2,1-3H3/t14-,17+,18-/m0/s1. The van der Waals surface area contributed by atoms with Crippen LogP contribution in [0.25, 0.3) is 10.4 Å². The molecule has 1 aromatic heterocycles.